The Kier molecular flexibility index (Phi) is 8.28. The van der Waals surface area contributed by atoms with Crippen molar-refractivity contribution in [1.82, 2.24) is 0 Å². The Morgan fingerprint density at radius 1 is 0.767 bits per heavy atom. The summed E-state index contributed by atoms with van der Waals surface area (Å²) in [5.41, 5.74) is 2.66. The molecule has 0 aromatic heterocycles. The number of benzene rings is 3. The van der Waals surface area contributed by atoms with Crippen LogP contribution in [0.4, 0.5) is 0 Å². The summed E-state index contributed by atoms with van der Waals surface area (Å²) in [5.74, 6) is 0.823. The maximum atomic E-state index is 12.5. The monoisotopic (exact) mass is 400 g/mol. The molecule has 30 heavy (non-hydrogen) atoms. The predicted octanol–water partition coefficient (Wildman–Crippen LogP) is 7.04. The lowest BCUT2D eigenvalue weighted by Gasteiger charge is -2.08. The van der Waals surface area contributed by atoms with Gasteiger partial charge in [-0.05, 0) is 47.9 Å². The van der Waals surface area contributed by atoms with Crippen LogP contribution in [-0.4, -0.2) is 12.6 Å². The topological polar surface area (TPSA) is 35.5 Å². The molecule has 0 aliphatic rings. The highest BCUT2D eigenvalue weighted by atomic mass is 16.5. The van der Waals surface area contributed by atoms with Gasteiger partial charge in [0.25, 0.3) is 0 Å². The number of ether oxygens (including phenoxy) is 2. The maximum absolute atomic E-state index is 12.5. The molecule has 0 amide bonds. The van der Waals surface area contributed by atoms with E-state index in [1.165, 1.54) is 12.8 Å². The SMILES string of the molecule is CCCCCCOc1cccc(C(=O)Oc2ccc(/C=C/c3ccccc3)cc2)c1. The zero-order chi connectivity index (χ0) is 21.0. The van der Waals surface area contributed by atoms with E-state index in [9.17, 15) is 4.79 Å². The highest BCUT2D eigenvalue weighted by Crippen LogP contribution is 2.19. The predicted molar refractivity (Wildman–Crippen MR) is 123 cm³/mol. The highest BCUT2D eigenvalue weighted by molar-refractivity contribution is 5.91. The van der Waals surface area contributed by atoms with E-state index >= 15 is 0 Å². The maximum Gasteiger partial charge on any atom is 0.343 e. The molecule has 0 aliphatic heterocycles. The third kappa shape index (κ3) is 6.93. The molecule has 0 unspecified atom stereocenters. The van der Waals surface area contributed by atoms with Crippen LogP contribution >= 0.6 is 0 Å². The molecule has 0 saturated carbocycles. The zero-order valence-electron chi connectivity index (χ0n) is 17.4. The number of hydrogen-bond acceptors (Lipinski definition) is 3. The molecular weight excluding hydrogens is 372 g/mol. The van der Waals surface area contributed by atoms with Crippen molar-refractivity contribution in [2.24, 2.45) is 0 Å². The fourth-order valence-electron chi connectivity index (χ4n) is 3.00. The summed E-state index contributed by atoms with van der Waals surface area (Å²) in [5, 5.41) is 0. The van der Waals surface area contributed by atoms with Crippen LogP contribution in [0.5, 0.6) is 11.5 Å². The summed E-state index contributed by atoms with van der Waals surface area (Å²) in [4.78, 5) is 12.5. The molecule has 3 rings (SSSR count). The minimum atomic E-state index is -0.390. The largest absolute Gasteiger partial charge is 0.494 e. The van der Waals surface area contributed by atoms with Gasteiger partial charge in [-0.1, -0.05) is 86.9 Å². The summed E-state index contributed by atoms with van der Waals surface area (Å²) in [6.45, 7) is 2.85. The third-order valence-corrected chi connectivity index (χ3v) is 4.69. The molecule has 0 heterocycles. The minimum absolute atomic E-state index is 0.390. The first kappa shape index (κ1) is 21.4. The summed E-state index contributed by atoms with van der Waals surface area (Å²) < 4.78 is 11.3. The van der Waals surface area contributed by atoms with Crippen LogP contribution in [-0.2, 0) is 0 Å². The molecule has 154 valence electrons. The van der Waals surface area contributed by atoms with Crippen LogP contribution in [0.15, 0.2) is 78.9 Å². The molecule has 0 N–H and O–H groups in total. The van der Waals surface area contributed by atoms with E-state index in [1.54, 1.807) is 24.3 Å². The average Bonchev–Trinajstić information content (AvgIpc) is 2.79. The number of carbonyl (C=O) groups is 1. The number of carbonyl (C=O) groups excluding carboxylic acids is 1. The van der Waals surface area contributed by atoms with Crippen molar-refractivity contribution in [3.8, 4) is 11.5 Å². The normalized spacial score (nSPS) is 10.8. The van der Waals surface area contributed by atoms with Crippen molar-refractivity contribution in [2.45, 2.75) is 32.6 Å². The van der Waals surface area contributed by atoms with Gasteiger partial charge in [-0.2, -0.15) is 0 Å². The van der Waals surface area contributed by atoms with E-state index < -0.39 is 0 Å². The van der Waals surface area contributed by atoms with Crippen LogP contribution < -0.4 is 9.47 Å². The number of hydrogen-bond donors (Lipinski definition) is 0. The van der Waals surface area contributed by atoms with Crippen molar-refractivity contribution in [3.63, 3.8) is 0 Å². The average molecular weight is 401 g/mol. The highest BCUT2D eigenvalue weighted by Gasteiger charge is 2.10. The van der Waals surface area contributed by atoms with Crippen molar-refractivity contribution < 1.29 is 14.3 Å². The minimum Gasteiger partial charge on any atom is -0.494 e. The molecule has 3 nitrogen and oxygen atoms in total. The molecular formula is C27H28O3. The summed E-state index contributed by atoms with van der Waals surface area (Å²) in [6.07, 6.45) is 8.68. The first-order valence-electron chi connectivity index (χ1n) is 10.5. The van der Waals surface area contributed by atoms with Crippen LogP contribution in [0.25, 0.3) is 12.2 Å². The molecule has 0 spiro atoms. The van der Waals surface area contributed by atoms with E-state index in [0.29, 0.717) is 23.7 Å². The van der Waals surface area contributed by atoms with Gasteiger partial charge in [0.1, 0.15) is 11.5 Å². The second kappa shape index (κ2) is 11.6. The quantitative estimate of drug-likeness (QED) is 0.158. The number of rotatable bonds is 10. The van der Waals surface area contributed by atoms with Crippen molar-refractivity contribution in [3.05, 3.63) is 95.6 Å². The van der Waals surface area contributed by atoms with Gasteiger partial charge in [0.15, 0.2) is 0 Å². The van der Waals surface area contributed by atoms with Gasteiger partial charge in [-0.25, -0.2) is 4.79 Å². The first-order valence-corrected chi connectivity index (χ1v) is 10.5. The van der Waals surface area contributed by atoms with Gasteiger partial charge in [0, 0.05) is 0 Å². The number of esters is 1. The van der Waals surface area contributed by atoms with Crippen LogP contribution in [0, 0.1) is 0 Å². The van der Waals surface area contributed by atoms with E-state index in [0.717, 1.165) is 24.0 Å². The van der Waals surface area contributed by atoms with Crippen LogP contribution in [0.3, 0.4) is 0 Å². The lowest BCUT2D eigenvalue weighted by Crippen LogP contribution is -2.08. The third-order valence-electron chi connectivity index (χ3n) is 4.69. The van der Waals surface area contributed by atoms with Gasteiger partial charge in [-0.15, -0.1) is 0 Å². The van der Waals surface area contributed by atoms with Gasteiger partial charge in [0.2, 0.25) is 0 Å². The summed E-state index contributed by atoms with van der Waals surface area (Å²) in [6, 6.07) is 24.7. The van der Waals surface area contributed by atoms with E-state index in [4.69, 9.17) is 9.47 Å². The Labute approximate surface area is 179 Å². The van der Waals surface area contributed by atoms with Gasteiger partial charge < -0.3 is 9.47 Å². The fourth-order valence-corrected chi connectivity index (χ4v) is 3.00. The molecule has 0 radical (unpaired) electrons. The molecule has 0 bridgehead atoms. The van der Waals surface area contributed by atoms with Crippen molar-refractivity contribution in [1.29, 1.82) is 0 Å². The molecule has 3 aromatic rings. The zero-order valence-corrected chi connectivity index (χ0v) is 17.4. The lowest BCUT2D eigenvalue weighted by atomic mass is 10.1. The van der Waals surface area contributed by atoms with Crippen molar-refractivity contribution in [2.75, 3.05) is 6.61 Å². The van der Waals surface area contributed by atoms with Gasteiger partial charge in [0.05, 0.1) is 12.2 Å². The molecule has 3 aromatic carbocycles. The van der Waals surface area contributed by atoms with Crippen LogP contribution in [0.2, 0.25) is 0 Å². The smallest absolute Gasteiger partial charge is 0.343 e. The molecule has 0 atom stereocenters. The molecule has 0 saturated heterocycles. The standard InChI is InChI=1S/C27H28O3/c1-2-3-4-8-20-29-26-13-9-12-24(21-26)27(28)30-25-18-16-23(17-19-25)15-14-22-10-6-5-7-11-22/h5-7,9-19,21H,2-4,8,20H2,1H3/b15-14+. The fraction of sp³-hybridized carbons (Fsp3) is 0.222. The van der Waals surface area contributed by atoms with Crippen molar-refractivity contribution >= 4 is 18.1 Å². The van der Waals surface area contributed by atoms with Gasteiger partial charge in [-0.3, -0.25) is 0 Å². The van der Waals surface area contributed by atoms with E-state index in [-0.39, 0.29) is 5.97 Å². The lowest BCUT2D eigenvalue weighted by molar-refractivity contribution is 0.0734. The summed E-state index contributed by atoms with van der Waals surface area (Å²) >= 11 is 0. The van der Waals surface area contributed by atoms with Crippen LogP contribution in [0.1, 0.15) is 54.1 Å². The second-order valence-electron chi connectivity index (χ2n) is 7.14. The molecule has 3 heteroatoms. The first-order chi connectivity index (χ1) is 14.7. The Morgan fingerprint density at radius 3 is 2.23 bits per heavy atom. The Morgan fingerprint density at radius 2 is 1.50 bits per heavy atom. The Bertz CT molecular complexity index is 943. The van der Waals surface area contributed by atoms with E-state index in [1.807, 2.05) is 48.5 Å². The Hall–Kier alpha value is -3.33. The van der Waals surface area contributed by atoms with E-state index in [2.05, 4.69) is 25.1 Å². The summed E-state index contributed by atoms with van der Waals surface area (Å²) in [7, 11) is 0. The molecule has 0 aliphatic carbocycles. The second-order valence-corrected chi connectivity index (χ2v) is 7.14. The molecule has 0 fully saturated rings. The van der Waals surface area contributed by atoms with Gasteiger partial charge >= 0.3 is 5.97 Å². The number of unbranched alkanes of at least 4 members (excludes halogenated alkanes) is 3. The Balaban J connectivity index is 1.54.